The van der Waals surface area contributed by atoms with Gasteiger partial charge in [0.1, 0.15) is 11.6 Å². The number of fused-ring (bicyclic) bond motifs is 1. The van der Waals surface area contributed by atoms with Gasteiger partial charge in [-0.3, -0.25) is 9.59 Å². The number of carboxylic acid groups (broad SMARTS) is 1. The average Bonchev–Trinajstić information content (AvgIpc) is 2.91. The van der Waals surface area contributed by atoms with Crippen LogP contribution in [0.15, 0.2) is 66.7 Å². The van der Waals surface area contributed by atoms with Gasteiger partial charge in [-0.2, -0.15) is 0 Å². The highest BCUT2D eigenvalue weighted by atomic mass is 16.5. The van der Waals surface area contributed by atoms with Crippen molar-refractivity contribution in [2.24, 2.45) is 0 Å². The molecule has 0 bridgehead atoms. The molecule has 0 saturated carbocycles. The number of hydrogen-bond donors (Lipinski definition) is 2. The van der Waals surface area contributed by atoms with Gasteiger partial charge in [-0.15, -0.1) is 0 Å². The van der Waals surface area contributed by atoms with Gasteiger partial charge in [-0.1, -0.05) is 42.5 Å². The Bertz CT molecular complexity index is 1450. The summed E-state index contributed by atoms with van der Waals surface area (Å²) >= 11 is 0. The molecule has 0 radical (unpaired) electrons. The highest BCUT2D eigenvalue weighted by molar-refractivity contribution is 6.06. The third-order valence-electron chi connectivity index (χ3n) is 6.46. The molecule has 3 aromatic carbocycles. The Morgan fingerprint density at radius 2 is 1.70 bits per heavy atom. The molecule has 0 aliphatic carbocycles. The van der Waals surface area contributed by atoms with E-state index in [1.165, 1.54) is 0 Å². The monoisotopic (exact) mass is 496 g/mol. The maximum absolute atomic E-state index is 12.8. The zero-order valence-corrected chi connectivity index (χ0v) is 20.6. The summed E-state index contributed by atoms with van der Waals surface area (Å²) in [4.78, 5) is 35.7. The third kappa shape index (κ3) is 5.76. The van der Waals surface area contributed by atoms with E-state index >= 15 is 0 Å². The molecule has 188 valence electrons. The standard InChI is InChI=1S/C29H28N4O4/c1-19-25(18-27(34)35)28(33-12-14-37-15-13-33)32-26(30-19)16-20-6-10-24(11-7-20)31-29(36)23-9-8-21-4-2-3-5-22(21)17-23/h2-11,17H,12-16,18H2,1H3,(H,31,36)(H,34,35). The largest absolute Gasteiger partial charge is 0.481 e. The Hall–Kier alpha value is -4.30. The van der Waals surface area contributed by atoms with Gasteiger partial charge in [0.2, 0.25) is 0 Å². The minimum Gasteiger partial charge on any atom is -0.481 e. The van der Waals surface area contributed by atoms with E-state index in [0.29, 0.717) is 66.9 Å². The van der Waals surface area contributed by atoms with Crippen molar-refractivity contribution in [1.82, 2.24) is 9.97 Å². The number of aliphatic carboxylic acids is 1. The number of carboxylic acids is 1. The summed E-state index contributed by atoms with van der Waals surface area (Å²) in [6, 6.07) is 21.2. The van der Waals surface area contributed by atoms with E-state index in [1.54, 1.807) is 0 Å². The van der Waals surface area contributed by atoms with Crippen LogP contribution in [-0.2, 0) is 22.4 Å². The summed E-state index contributed by atoms with van der Waals surface area (Å²) in [6.07, 6.45) is 0.370. The van der Waals surface area contributed by atoms with Crippen molar-refractivity contribution in [2.75, 3.05) is 36.5 Å². The molecule has 1 saturated heterocycles. The van der Waals surface area contributed by atoms with Crippen molar-refractivity contribution in [3.63, 3.8) is 0 Å². The zero-order chi connectivity index (χ0) is 25.8. The molecular formula is C29H28N4O4. The van der Waals surface area contributed by atoms with Gasteiger partial charge >= 0.3 is 5.97 Å². The molecule has 1 fully saturated rings. The number of rotatable bonds is 7. The molecule has 1 aromatic heterocycles. The van der Waals surface area contributed by atoms with E-state index < -0.39 is 5.97 Å². The van der Waals surface area contributed by atoms with E-state index in [1.807, 2.05) is 73.7 Å². The average molecular weight is 497 g/mol. The lowest BCUT2D eigenvalue weighted by Gasteiger charge is -2.30. The number of amides is 1. The van der Waals surface area contributed by atoms with Crippen LogP contribution < -0.4 is 10.2 Å². The fourth-order valence-corrected chi connectivity index (χ4v) is 4.53. The number of ether oxygens (including phenoxy) is 1. The first kappa shape index (κ1) is 24.4. The Morgan fingerprint density at radius 1 is 0.973 bits per heavy atom. The molecule has 2 N–H and O–H groups in total. The van der Waals surface area contributed by atoms with E-state index in [0.717, 1.165) is 16.3 Å². The quantitative estimate of drug-likeness (QED) is 0.394. The van der Waals surface area contributed by atoms with Crippen LogP contribution in [0.25, 0.3) is 10.8 Å². The van der Waals surface area contributed by atoms with Gasteiger partial charge < -0.3 is 20.1 Å². The van der Waals surface area contributed by atoms with E-state index in [9.17, 15) is 14.7 Å². The molecule has 0 atom stereocenters. The highest BCUT2D eigenvalue weighted by Crippen LogP contribution is 2.24. The lowest BCUT2D eigenvalue weighted by atomic mass is 10.1. The Labute approximate surface area is 214 Å². The molecule has 1 aliphatic rings. The van der Waals surface area contributed by atoms with Crippen molar-refractivity contribution >= 4 is 34.2 Å². The van der Waals surface area contributed by atoms with Crippen LogP contribution in [0.2, 0.25) is 0 Å². The van der Waals surface area contributed by atoms with Gasteiger partial charge in [-0.25, -0.2) is 9.97 Å². The van der Waals surface area contributed by atoms with Gasteiger partial charge in [0.25, 0.3) is 5.91 Å². The van der Waals surface area contributed by atoms with Crippen LogP contribution in [0.5, 0.6) is 0 Å². The highest BCUT2D eigenvalue weighted by Gasteiger charge is 2.21. The molecule has 8 nitrogen and oxygen atoms in total. The maximum Gasteiger partial charge on any atom is 0.308 e. The summed E-state index contributed by atoms with van der Waals surface area (Å²) in [5.74, 6) is 0.227. The van der Waals surface area contributed by atoms with Gasteiger partial charge in [0, 0.05) is 42.0 Å². The first-order valence-electron chi connectivity index (χ1n) is 12.3. The molecule has 0 unspecified atom stereocenters. The number of nitrogens with one attached hydrogen (secondary N) is 1. The van der Waals surface area contributed by atoms with Gasteiger partial charge in [0.05, 0.1) is 19.6 Å². The number of hydrogen-bond acceptors (Lipinski definition) is 6. The SMILES string of the molecule is Cc1nc(Cc2ccc(NC(=O)c3ccc4ccccc4c3)cc2)nc(N2CCOCC2)c1CC(=O)O. The maximum atomic E-state index is 12.8. The zero-order valence-electron chi connectivity index (χ0n) is 20.6. The molecule has 37 heavy (non-hydrogen) atoms. The van der Waals surface area contributed by atoms with Crippen LogP contribution in [-0.4, -0.2) is 53.3 Å². The first-order valence-corrected chi connectivity index (χ1v) is 12.3. The summed E-state index contributed by atoms with van der Waals surface area (Å²) in [5.41, 5.74) is 3.61. The number of morpholine rings is 1. The van der Waals surface area contributed by atoms with Crippen molar-refractivity contribution in [2.45, 2.75) is 19.8 Å². The van der Waals surface area contributed by atoms with Crippen LogP contribution >= 0.6 is 0 Å². The summed E-state index contributed by atoms with van der Waals surface area (Å²) in [7, 11) is 0. The molecule has 1 amide bonds. The van der Waals surface area contributed by atoms with Crippen molar-refractivity contribution in [3.05, 3.63) is 94.9 Å². The molecule has 8 heteroatoms. The topological polar surface area (TPSA) is 105 Å². The number of benzene rings is 3. The fourth-order valence-electron chi connectivity index (χ4n) is 4.53. The van der Waals surface area contributed by atoms with Crippen molar-refractivity contribution in [3.8, 4) is 0 Å². The minimum atomic E-state index is -0.907. The minimum absolute atomic E-state index is 0.121. The van der Waals surface area contributed by atoms with Crippen molar-refractivity contribution in [1.29, 1.82) is 0 Å². The van der Waals surface area contributed by atoms with Gasteiger partial charge in [0.15, 0.2) is 0 Å². The van der Waals surface area contributed by atoms with Crippen LogP contribution in [0.3, 0.4) is 0 Å². The Morgan fingerprint density at radius 3 is 2.43 bits per heavy atom. The second-order valence-electron chi connectivity index (χ2n) is 9.09. The predicted molar refractivity (Wildman–Crippen MR) is 142 cm³/mol. The molecule has 5 rings (SSSR count). The fraction of sp³-hybridized carbons (Fsp3) is 0.241. The van der Waals surface area contributed by atoms with E-state index in [-0.39, 0.29) is 12.3 Å². The van der Waals surface area contributed by atoms with Crippen LogP contribution in [0.1, 0.15) is 33.0 Å². The van der Waals surface area contributed by atoms with Gasteiger partial charge in [-0.05, 0) is 47.5 Å². The molecule has 0 spiro atoms. The lowest BCUT2D eigenvalue weighted by molar-refractivity contribution is -0.136. The Kier molecular flexibility index (Phi) is 7.09. The summed E-state index contributed by atoms with van der Waals surface area (Å²) < 4.78 is 5.45. The molecule has 4 aromatic rings. The summed E-state index contributed by atoms with van der Waals surface area (Å²) in [6.45, 7) is 4.32. The number of carbonyl (C=O) groups is 2. The molecular weight excluding hydrogens is 468 g/mol. The van der Waals surface area contributed by atoms with E-state index in [2.05, 4.69) is 15.2 Å². The summed E-state index contributed by atoms with van der Waals surface area (Å²) in [5, 5.41) is 14.5. The molecule has 2 heterocycles. The van der Waals surface area contributed by atoms with Crippen molar-refractivity contribution < 1.29 is 19.4 Å². The number of nitrogens with zero attached hydrogens (tertiary/aromatic N) is 3. The second-order valence-corrected chi connectivity index (χ2v) is 9.09. The first-order chi connectivity index (χ1) is 18.0. The number of aromatic nitrogens is 2. The lowest BCUT2D eigenvalue weighted by Crippen LogP contribution is -2.38. The second kappa shape index (κ2) is 10.8. The van der Waals surface area contributed by atoms with E-state index in [4.69, 9.17) is 9.72 Å². The van der Waals surface area contributed by atoms with Crippen LogP contribution in [0.4, 0.5) is 11.5 Å². The number of aryl methyl sites for hydroxylation is 1. The number of anilines is 2. The number of carbonyl (C=O) groups excluding carboxylic acids is 1. The smallest absolute Gasteiger partial charge is 0.308 e. The van der Waals surface area contributed by atoms with Crippen LogP contribution in [0, 0.1) is 6.92 Å². The third-order valence-corrected chi connectivity index (χ3v) is 6.46. The Balaban J connectivity index is 1.31. The predicted octanol–water partition coefficient (Wildman–Crippen LogP) is 4.25. The molecule has 1 aliphatic heterocycles. The normalized spacial score (nSPS) is 13.5.